The van der Waals surface area contributed by atoms with Crippen LogP contribution in [0.25, 0.3) is 0 Å². The Labute approximate surface area is 91.9 Å². The zero-order valence-corrected chi connectivity index (χ0v) is 9.63. The summed E-state index contributed by atoms with van der Waals surface area (Å²) in [6.45, 7) is 5.22. The average Bonchev–Trinajstić information content (AvgIpc) is 2.26. The van der Waals surface area contributed by atoms with Crippen LogP contribution in [-0.4, -0.2) is 37.2 Å². The molecule has 0 bridgehead atoms. The van der Waals surface area contributed by atoms with Crippen LogP contribution in [0.1, 0.15) is 39.0 Å². The molecule has 1 fully saturated rings. The molecule has 1 aliphatic rings. The van der Waals surface area contributed by atoms with Crippen LogP contribution in [0, 0.1) is 0 Å². The zero-order chi connectivity index (χ0) is 10.9. The number of hydrogen-bond donors (Lipinski definition) is 1. The Hall–Kier alpha value is -0.610. The minimum Gasteiger partial charge on any atom is -0.379 e. The quantitative estimate of drug-likeness (QED) is 0.678. The summed E-state index contributed by atoms with van der Waals surface area (Å²) in [5, 5.41) is 1.95. The van der Waals surface area contributed by atoms with Gasteiger partial charge in [0.2, 0.25) is 5.91 Å². The number of carbonyl (C=O) groups excluding carboxylic acids is 1. The first-order valence-electron chi connectivity index (χ1n) is 5.95. The van der Waals surface area contributed by atoms with E-state index in [1.54, 1.807) is 0 Å². The van der Waals surface area contributed by atoms with E-state index in [1.165, 1.54) is 12.8 Å². The Kier molecular flexibility index (Phi) is 6.36. The number of unbranched alkanes of at least 4 members (excludes halogenated alkanes) is 3. The van der Waals surface area contributed by atoms with Gasteiger partial charge in [0.1, 0.15) is 0 Å². The first-order chi connectivity index (χ1) is 7.33. The third-order valence-corrected chi connectivity index (χ3v) is 2.55. The molecule has 0 saturated carbocycles. The van der Waals surface area contributed by atoms with Gasteiger partial charge in [-0.2, -0.15) is 0 Å². The lowest BCUT2D eigenvalue weighted by molar-refractivity contribution is -0.128. The number of hydrazine groups is 1. The van der Waals surface area contributed by atoms with Gasteiger partial charge in [0.25, 0.3) is 0 Å². The molecular weight excluding hydrogens is 192 g/mol. The third-order valence-electron chi connectivity index (χ3n) is 2.55. The van der Waals surface area contributed by atoms with Gasteiger partial charge in [-0.15, -0.1) is 0 Å². The van der Waals surface area contributed by atoms with Gasteiger partial charge in [-0.3, -0.25) is 10.2 Å². The number of morpholine rings is 1. The molecular formula is C11H22N2O2. The van der Waals surface area contributed by atoms with Crippen LogP contribution in [0.4, 0.5) is 0 Å². The van der Waals surface area contributed by atoms with E-state index in [0.717, 1.165) is 39.1 Å². The summed E-state index contributed by atoms with van der Waals surface area (Å²) in [6.07, 6.45) is 5.25. The molecule has 4 nitrogen and oxygen atoms in total. The largest absolute Gasteiger partial charge is 0.379 e. The summed E-state index contributed by atoms with van der Waals surface area (Å²) in [6, 6.07) is 0. The molecule has 0 aromatic carbocycles. The van der Waals surface area contributed by atoms with Crippen LogP contribution in [0.5, 0.6) is 0 Å². The highest BCUT2D eigenvalue weighted by Gasteiger charge is 2.12. The summed E-state index contributed by atoms with van der Waals surface area (Å²) in [5.41, 5.74) is 2.91. The lowest BCUT2D eigenvalue weighted by Gasteiger charge is -2.26. The average molecular weight is 214 g/mol. The van der Waals surface area contributed by atoms with Gasteiger partial charge >= 0.3 is 0 Å². The Morgan fingerprint density at radius 3 is 2.67 bits per heavy atom. The van der Waals surface area contributed by atoms with Crippen molar-refractivity contribution in [2.75, 3.05) is 26.3 Å². The molecule has 1 heterocycles. The van der Waals surface area contributed by atoms with Crippen molar-refractivity contribution in [3.05, 3.63) is 0 Å². The fourth-order valence-electron chi connectivity index (χ4n) is 1.62. The molecule has 0 atom stereocenters. The Balaban J connectivity index is 2.01. The standard InChI is InChI=1S/C11H22N2O2/c1-2-3-4-5-6-11(14)12-13-7-9-15-10-8-13/h2-10H2,1H3,(H,12,14). The van der Waals surface area contributed by atoms with Crippen molar-refractivity contribution in [3.8, 4) is 0 Å². The number of nitrogens with one attached hydrogen (secondary N) is 1. The van der Waals surface area contributed by atoms with Crippen LogP contribution in [-0.2, 0) is 9.53 Å². The van der Waals surface area contributed by atoms with Crippen molar-refractivity contribution in [3.63, 3.8) is 0 Å². The van der Waals surface area contributed by atoms with Crippen molar-refractivity contribution in [1.29, 1.82) is 0 Å². The maximum atomic E-state index is 11.5. The Morgan fingerprint density at radius 2 is 2.00 bits per heavy atom. The predicted octanol–water partition coefficient (Wildman–Crippen LogP) is 1.32. The fourth-order valence-corrected chi connectivity index (χ4v) is 1.62. The molecule has 1 aliphatic heterocycles. The number of amides is 1. The van der Waals surface area contributed by atoms with Gasteiger partial charge in [-0.25, -0.2) is 5.01 Å². The summed E-state index contributed by atoms with van der Waals surface area (Å²) in [4.78, 5) is 11.5. The predicted molar refractivity (Wildman–Crippen MR) is 59.3 cm³/mol. The molecule has 0 radical (unpaired) electrons. The number of hydrogen-bond acceptors (Lipinski definition) is 3. The Morgan fingerprint density at radius 1 is 1.27 bits per heavy atom. The molecule has 0 unspecified atom stereocenters. The molecule has 15 heavy (non-hydrogen) atoms. The van der Waals surface area contributed by atoms with Gasteiger partial charge in [-0.1, -0.05) is 26.2 Å². The molecule has 4 heteroatoms. The van der Waals surface area contributed by atoms with E-state index < -0.39 is 0 Å². The van der Waals surface area contributed by atoms with Crippen LogP contribution in [0.3, 0.4) is 0 Å². The minimum atomic E-state index is 0.146. The SMILES string of the molecule is CCCCCCC(=O)NN1CCOCC1. The van der Waals surface area contributed by atoms with Crippen molar-refractivity contribution in [1.82, 2.24) is 10.4 Å². The van der Waals surface area contributed by atoms with E-state index in [0.29, 0.717) is 6.42 Å². The first-order valence-corrected chi connectivity index (χ1v) is 5.95. The fraction of sp³-hybridized carbons (Fsp3) is 0.909. The molecule has 0 spiro atoms. The lowest BCUT2D eigenvalue weighted by Crippen LogP contribution is -2.48. The minimum absolute atomic E-state index is 0.146. The summed E-state index contributed by atoms with van der Waals surface area (Å²) >= 11 is 0. The van der Waals surface area contributed by atoms with Crippen molar-refractivity contribution in [2.24, 2.45) is 0 Å². The molecule has 1 rings (SSSR count). The van der Waals surface area contributed by atoms with Crippen molar-refractivity contribution >= 4 is 5.91 Å². The van der Waals surface area contributed by atoms with E-state index in [4.69, 9.17) is 4.74 Å². The second-order valence-corrected chi connectivity index (χ2v) is 3.95. The smallest absolute Gasteiger partial charge is 0.234 e. The van der Waals surface area contributed by atoms with Gasteiger partial charge in [0, 0.05) is 19.5 Å². The molecule has 1 amide bonds. The summed E-state index contributed by atoms with van der Waals surface area (Å²) in [5.74, 6) is 0.146. The van der Waals surface area contributed by atoms with Crippen LogP contribution in [0.2, 0.25) is 0 Å². The second-order valence-electron chi connectivity index (χ2n) is 3.95. The van der Waals surface area contributed by atoms with E-state index in [2.05, 4.69) is 12.3 Å². The monoisotopic (exact) mass is 214 g/mol. The molecule has 0 aliphatic carbocycles. The van der Waals surface area contributed by atoms with Gasteiger partial charge in [0.15, 0.2) is 0 Å². The van der Waals surface area contributed by atoms with E-state index in [9.17, 15) is 4.79 Å². The molecule has 0 aromatic rings. The molecule has 1 saturated heterocycles. The van der Waals surface area contributed by atoms with Gasteiger partial charge in [-0.05, 0) is 6.42 Å². The topological polar surface area (TPSA) is 41.6 Å². The number of rotatable bonds is 6. The maximum Gasteiger partial charge on any atom is 0.234 e. The van der Waals surface area contributed by atoms with E-state index in [-0.39, 0.29) is 5.91 Å². The third kappa shape index (κ3) is 5.74. The molecule has 0 aromatic heterocycles. The number of nitrogens with zero attached hydrogens (tertiary/aromatic N) is 1. The van der Waals surface area contributed by atoms with Crippen molar-refractivity contribution < 1.29 is 9.53 Å². The van der Waals surface area contributed by atoms with Gasteiger partial charge < -0.3 is 4.74 Å². The Bertz CT molecular complexity index is 179. The maximum absolute atomic E-state index is 11.5. The lowest BCUT2D eigenvalue weighted by atomic mass is 10.1. The second kappa shape index (κ2) is 7.65. The van der Waals surface area contributed by atoms with Crippen LogP contribution >= 0.6 is 0 Å². The zero-order valence-electron chi connectivity index (χ0n) is 9.63. The first kappa shape index (κ1) is 12.5. The van der Waals surface area contributed by atoms with E-state index >= 15 is 0 Å². The molecule has 88 valence electrons. The highest BCUT2D eigenvalue weighted by molar-refractivity contribution is 5.75. The van der Waals surface area contributed by atoms with Crippen molar-refractivity contribution in [2.45, 2.75) is 39.0 Å². The van der Waals surface area contributed by atoms with Crippen LogP contribution < -0.4 is 5.43 Å². The summed E-state index contributed by atoms with van der Waals surface area (Å²) < 4.78 is 5.20. The highest BCUT2D eigenvalue weighted by atomic mass is 16.5. The van der Waals surface area contributed by atoms with Gasteiger partial charge in [0.05, 0.1) is 13.2 Å². The van der Waals surface area contributed by atoms with E-state index in [1.807, 2.05) is 5.01 Å². The number of ether oxygens (including phenoxy) is 1. The normalized spacial score (nSPS) is 17.7. The number of carbonyl (C=O) groups is 1. The summed E-state index contributed by atoms with van der Waals surface area (Å²) in [7, 11) is 0. The van der Waals surface area contributed by atoms with Crippen LogP contribution in [0.15, 0.2) is 0 Å². The molecule has 1 N–H and O–H groups in total. The highest BCUT2D eigenvalue weighted by Crippen LogP contribution is 2.02.